The molecule has 11 nitrogen and oxygen atoms in total. The van der Waals surface area contributed by atoms with E-state index >= 15 is 0 Å². The third kappa shape index (κ3) is 2.14. The standard InChI is InChI=1S/C5H4N4.C4H4N6O/c1-4-5(8-2-6-1)9-3-7-4;5-4-6-2-1(3(11)7-4)8-10-9-2/h1-3H,(H,6,7,8,9);(H4,5,6,7,8,9,10,11). The molecule has 4 heterocycles. The second-order valence-corrected chi connectivity index (χ2v) is 3.62. The Morgan fingerprint density at radius 2 is 2.10 bits per heavy atom. The van der Waals surface area contributed by atoms with Gasteiger partial charge in [0.15, 0.2) is 16.8 Å². The van der Waals surface area contributed by atoms with Gasteiger partial charge in [0.05, 0.1) is 12.5 Å². The minimum Gasteiger partial charge on any atom is -0.369 e. The summed E-state index contributed by atoms with van der Waals surface area (Å²) in [6.45, 7) is 0. The zero-order chi connectivity index (χ0) is 13.9. The first-order valence-electron chi connectivity index (χ1n) is 5.39. The SMILES string of the molecule is Nc1nc2[nH]nnc2c(=O)[nH]1.c1ncc2nc[nH]c2n1. The lowest BCUT2D eigenvalue weighted by molar-refractivity contribution is 0.954. The topological polar surface area (TPSA) is 168 Å². The molecule has 0 aliphatic heterocycles. The van der Waals surface area contributed by atoms with E-state index in [0.29, 0.717) is 5.65 Å². The van der Waals surface area contributed by atoms with Crippen molar-refractivity contribution < 1.29 is 0 Å². The predicted molar refractivity (Wildman–Crippen MR) is 68.4 cm³/mol. The van der Waals surface area contributed by atoms with Gasteiger partial charge in [-0.2, -0.15) is 4.98 Å². The molecule has 0 aromatic carbocycles. The number of nitrogens with two attached hydrogens (primary N) is 1. The monoisotopic (exact) mass is 272 g/mol. The molecule has 4 aromatic heterocycles. The number of anilines is 1. The van der Waals surface area contributed by atoms with E-state index in [1.165, 1.54) is 6.33 Å². The number of imidazole rings is 1. The molecule has 0 unspecified atom stereocenters. The van der Waals surface area contributed by atoms with E-state index in [1.54, 1.807) is 12.5 Å². The van der Waals surface area contributed by atoms with Gasteiger partial charge in [0, 0.05) is 0 Å². The van der Waals surface area contributed by atoms with Gasteiger partial charge in [-0.3, -0.25) is 9.78 Å². The molecule has 0 saturated heterocycles. The van der Waals surface area contributed by atoms with Crippen molar-refractivity contribution in [1.82, 2.24) is 45.3 Å². The maximum absolute atomic E-state index is 11.0. The van der Waals surface area contributed by atoms with Crippen LogP contribution < -0.4 is 11.3 Å². The molecular weight excluding hydrogens is 264 g/mol. The molecule has 4 rings (SSSR count). The number of aromatic nitrogens is 9. The van der Waals surface area contributed by atoms with E-state index in [9.17, 15) is 4.79 Å². The van der Waals surface area contributed by atoms with Crippen molar-refractivity contribution in [2.45, 2.75) is 0 Å². The van der Waals surface area contributed by atoms with Crippen LogP contribution >= 0.6 is 0 Å². The van der Waals surface area contributed by atoms with Crippen LogP contribution in [0.5, 0.6) is 0 Å². The number of H-pyrrole nitrogens is 3. The molecular formula is C9H8N10O. The molecule has 0 aliphatic carbocycles. The Balaban J connectivity index is 0.000000123. The molecule has 0 atom stereocenters. The molecule has 5 N–H and O–H groups in total. The van der Waals surface area contributed by atoms with Crippen molar-refractivity contribution >= 4 is 28.3 Å². The summed E-state index contributed by atoms with van der Waals surface area (Å²) in [5.41, 5.74) is 6.90. The van der Waals surface area contributed by atoms with Gasteiger partial charge in [-0.15, -0.1) is 5.10 Å². The van der Waals surface area contributed by atoms with Crippen LogP contribution in [-0.2, 0) is 0 Å². The molecule has 11 heteroatoms. The third-order valence-electron chi connectivity index (χ3n) is 2.32. The summed E-state index contributed by atoms with van der Waals surface area (Å²) in [5, 5.41) is 9.31. The number of nitrogens with zero attached hydrogens (tertiary/aromatic N) is 6. The van der Waals surface area contributed by atoms with Crippen molar-refractivity contribution in [3.63, 3.8) is 0 Å². The molecule has 0 fully saturated rings. The van der Waals surface area contributed by atoms with Gasteiger partial charge < -0.3 is 10.7 Å². The smallest absolute Gasteiger partial charge is 0.282 e. The first-order chi connectivity index (χ1) is 9.74. The summed E-state index contributed by atoms with van der Waals surface area (Å²) in [5.74, 6) is 0.0496. The van der Waals surface area contributed by atoms with Crippen LogP contribution in [0.3, 0.4) is 0 Å². The summed E-state index contributed by atoms with van der Waals surface area (Å²) in [6.07, 6.45) is 4.75. The minimum atomic E-state index is -0.388. The zero-order valence-corrected chi connectivity index (χ0v) is 9.90. The second kappa shape index (κ2) is 4.72. The van der Waals surface area contributed by atoms with Crippen LogP contribution in [0.15, 0.2) is 23.6 Å². The third-order valence-corrected chi connectivity index (χ3v) is 2.32. The fourth-order valence-electron chi connectivity index (χ4n) is 1.47. The Bertz CT molecular complexity index is 875. The number of nitrogen functional groups attached to an aromatic ring is 1. The average Bonchev–Trinajstić information content (AvgIpc) is 3.06. The number of hydrogen-bond acceptors (Lipinski definition) is 8. The van der Waals surface area contributed by atoms with Crippen LogP contribution in [0.2, 0.25) is 0 Å². The first kappa shape index (κ1) is 11.7. The highest BCUT2D eigenvalue weighted by atomic mass is 16.1. The van der Waals surface area contributed by atoms with Crippen molar-refractivity contribution in [3.8, 4) is 0 Å². The molecule has 0 amide bonds. The largest absolute Gasteiger partial charge is 0.369 e. The van der Waals surface area contributed by atoms with Gasteiger partial charge in [0.25, 0.3) is 5.56 Å². The average molecular weight is 272 g/mol. The van der Waals surface area contributed by atoms with E-state index in [4.69, 9.17) is 5.73 Å². The molecule has 0 saturated carbocycles. The lowest BCUT2D eigenvalue weighted by atomic mass is 10.5. The number of fused-ring (bicyclic) bond motifs is 2. The lowest BCUT2D eigenvalue weighted by Gasteiger charge is -1.88. The van der Waals surface area contributed by atoms with Crippen LogP contribution in [0, 0.1) is 0 Å². The van der Waals surface area contributed by atoms with Crippen LogP contribution in [0.1, 0.15) is 0 Å². The molecule has 20 heavy (non-hydrogen) atoms. The highest BCUT2D eigenvalue weighted by molar-refractivity contribution is 5.68. The Labute approximate surface area is 109 Å². The summed E-state index contributed by atoms with van der Waals surface area (Å²) >= 11 is 0. The number of aromatic amines is 3. The Morgan fingerprint density at radius 1 is 1.20 bits per heavy atom. The maximum atomic E-state index is 11.0. The summed E-state index contributed by atoms with van der Waals surface area (Å²) in [6, 6.07) is 0. The van der Waals surface area contributed by atoms with E-state index in [1.807, 2.05) is 0 Å². The van der Waals surface area contributed by atoms with Crippen molar-refractivity contribution in [1.29, 1.82) is 0 Å². The minimum absolute atomic E-state index is 0.0496. The summed E-state index contributed by atoms with van der Waals surface area (Å²) in [7, 11) is 0. The van der Waals surface area contributed by atoms with Gasteiger partial charge in [-0.1, -0.05) is 5.21 Å². The summed E-state index contributed by atoms with van der Waals surface area (Å²) < 4.78 is 0. The fraction of sp³-hybridized carbons (Fsp3) is 0. The molecule has 4 aromatic rings. The fourth-order valence-corrected chi connectivity index (χ4v) is 1.47. The number of rotatable bonds is 0. The second-order valence-electron chi connectivity index (χ2n) is 3.62. The predicted octanol–water partition coefficient (Wildman–Crippen LogP) is -1.02. The number of nitrogens with one attached hydrogen (secondary N) is 3. The summed E-state index contributed by atoms with van der Waals surface area (Å²) in [4.78, 5) is 31.5. The highest BCUT2D eigenvalue weighted by Gasteiger charge is 2.03. The van der Waals surface area contributed by atoms with Gasteiger partial charge in [0.2, 0.25) is 5.95 Å². The molecule has 0 radical (unpaired) electrons. The van der Waals surface area contributed by atoms with Gasteiger partial charge in [-0.25, -0.2) is 20.1 Å². The Kier molecular flexibility index (Phi) is 2.76. The van der Waals surface area contributed by atoms with Gasteiger partial charge >= 0.3 is 0 Å². The molecule has 0 aliphatic rings. The van der Waals surface area contributed by atoms with E-state index in [-0.39, 0.29) is 17.0 Å². The molecule has 0 bridgehead atoms. The van der Waals surface area contributed by atoms with Gasteiger partial charge in [-0.05, 0) is 0 Å². The molecule has 0 spiro atoms. The lowest BCUT2D eigenvalue weighted by Crippen LogP contribution is -2.10. The van der Waals surface area contributed by atoms with Crippen LogP contribution in [0.25, 0.3) is 22.3 Å². The van der Waals surface area contributed by atoms with Crippen molar-refractivity contribution in [2.75, 3.05) is 5.73 Å². The van der Waals surface area contributed by atoms with Crippen LogP contribution in [-0.4, -0.2) is 45.3 Å². The molecule has 100 valence electrons. The Hall–Kier alpha value is -3.37. The quantitative estimate of drug-likeness (QED) is 0.315. The highest BCUT2D eigenvalue weighted by Crippen LogP contribution is 1.99. The van der Waals surface area contributed by atoms with E-state index in [2.05, 4.69) is 45.3 Å². The van der Waals surface area contributed by atoms with Gasteiger partial charge in [0.1, 0.15) is 11.8 Å². The van der Waals surface area contributed by atoms with Crippen molar-refractivity contribution in [3.05, 3.63) is 29.2 Å². The Morgan fingerprint density at radius 3 is 2.95 bits per heavy atom. The van der Waals surface area contributed by atoms with E-state index in [0.717, 1.165) is 11.2 Å². The first-order valence-corrected chi connectivity index (χ1v) is 5.39. The zero-order valence-electron chi connectivity index (χ0n) is 9.90. The van der Waals surface area contributed by atoms with Crippen molar-refractivity contribution in [2.24, 2.45) is 0 Å². The van der Waals surface area contributed by atoms with Crippen LogP contribution in [0.4, 0.5) is 5.95 Å². The number of hydrogen-bond donors (Lipinski definition) is 4. The van der Waals surface area contributed by atoms with E-state index < -0.39 is 0 Å². The maximum Gasteiger partial charge on any atom is 0.282 e. The normalized spacial score (nSPS) is 10.4.